The summed E-state index contributed by atoms with van der Waals surface area (Å²) in [5.74, 6) is 3.04. The van der Waals surface area contributed by atoms with E-state index >= 15 is 0 Å². The molecule has 0 unspecified atom stereocenters. The number of rotatable bonds is 36. The average Bonchev–Trinajstić information content (AvgIpc) is 3.35. The summed E-state index contributed by atoms with van der Waals surface area (Å²) >= 11 is 0.863. The van der Waals surface area contributed by atoms with Gasteiger partial charge in [0.1, 0.15) is 0 Å². The van der Waals surface area contributed by atoms with Gasteiger partial charge in [0.15, 0.2) is 0 Å². The van der Waals surface area contributed by atoms with Crippen molar-refractivity contribution in [1.29, 1.82) is 0 Å². The molecule has 0 atom stereocenters. The Hall–Kier alpha value is -3.81. The fourth-order valence-corrected chi connectivity index (χ4v) is 9.03. The summed E-state index contributed by atoms with van der Waals surface area (Å²) in [5.41, 5.74) is 21.0. The fourth-order valence-electron chi connectivity index (χ4n) is 8.50. The molecule has 0 aliphatic carbocycles. The number of hydrogen-bond donors (Lipinski definition) is 0. The Labute approximate surface area is 410 Å². The quantitative estimate of drug-likeness (QED) is 0.0114. The van der Waals surface area contributed by atoms with E-state index in [1.165, 1.54) is 155 Å². The Bertz CT molecular complexity index is 1870. The number of hydrogen-bond acceptors (Lipinski definition) is 2. The summed E-state index contributed by atoms with van der Waals surface area (Å²) in [6.07, 6.45) is 34.9. The fraction of sp³-hybridized carbons (Fsp3) is 0.541. The van der Waals surface area contributed by atoms with Crippen molar-refractivity contribution in [2.45, 2.75) is 214 Å². The molecule has 0 N–H and O–H groups in total. The van der Waals surface area contributed by atoms with E-state index in [0.29, 0.717) is 13.2 Å². The van der Waals surface area contributed by atoms with Crippen molar-refractivity contribution in [2.24, 2.45) is 0 Å². The van der Waals surface area contributed by atoms with Crippen molar-refractivity contribution in [2.75, 3.05) is 0 Å². The third kappa shape index (κ3) is 25.9. The molecule has 4 aromatic rings. The SMILES string of the molecule is CCCCCCCCCCCCCCCCCCCc1cccc(C(=C(CCCC)C(=C=[N+]=[N-])CCCC)c2cccc(CCCC)c2)c1.c1ccc(C[O][Ni][O]Cc2ccccc2)cc1. The first kappa shape index (κ1) is 56.5. The molecule has 0 spiro atoms. The van der Waals surface area contributed by atoms with Gasteiger partial charge in [-0.1, -0.05) is 198 Å². The van der Waals surface area contributed by atoms with E-state index in [2.05, 4.69) is 86.9 Å². The van der Waals surface area contributed by atoms with E-state index in [-0.39, 0.29) is 0 Å². The van der Waals surface area contributed by atoms with Crippen LogP contribution in [-0.2, 0) is 48.9 Å². The monoisotopic (exact) mass is 939 g/mol. The molecular weight excluding hydrogens is 851 g/mol. The Morgan fingerprint density at radius 1 is 0.439 bits per heavy atom. The number of nitrogens with zero attached hydrogens (tertiary/aromatic N) is 2. The van der Waals surface area contributed by atoms with E-state index in [9.17, 15) is 5.53 Å². The predicted molar refractivity (Wildman–Crippen MR) is 279 cm³/mol. The second-order valence-corrected chi connectivity index (χ2v) is 18.9. The van der Waals surface area contributed by atoms with Crippen molar-refractivity contribution < 1.29 is 27.6 Å². The molecule has 66 heavy (non-hydrogen) atoms. The molecule has 0 saturated carbocycles. The van der Waals surface area contributed by atoms with Gasteiger partial charge in [-0.2, -0.15) is 0 Å². The van der Waals surface area contributed by atoms with Gasteiger partial charge in [0.05, 0.1) is 5.57 Å². The van der Waals surface area contributed by atoms with Gasteiger partial charge in [0.25, 0.3) is 0 Å². The van der Waals surface area contributed by atoms with Crippen molar-refractivity contribution in [3.8, 4) is 0 Å². The Morgan fingerprint density at radius 2 is 0.833 bits per heavy atom. The summed E-state index contributed by atoms with van der Waals surface area (Å²) in [7, 11) is 0. The molecule has 4 rings (SSSR count). The molecule has 0 fully saturated rings. The van der Waals surface area contributed by atoms with Gasteiger partial charge in [-0.25, -0.2) is 0 Å². The van der Waals surface area contributed by atoms with Crippen molar-refractivity contribution >= 4 is 11.4 Å². The van der Waals surface area contributed by atoms with Gasteiger partial charge >= 0.3 is 114 Å². The van der Waals surface area contributed by atoms with Crippen LogP contribution in [0.25, 0.3) is 11.1 Å². The van der Waals surface area contributed by atoms with Crippen molar-refractivity contribution in [3.63, 3.8) is 0 Å². The molecule has 4 nitrogen and oxygen atoms in total. The summed E-state index contributed by atoms with van der Waals surface area (Å²) in [4.78, 5) is 3.45. The second kappa shape index (κ2) is 39.2. The Kier molecular flexibility index (Phi) is 33.6. The summed E-state index contributed by atoms with van der Waals surface area (Å²) in [6, 6.07) is 38.6. The average molecular weight is 940 g/mol. The van der Waals surface area contributed by atoms with Crippen LogP contribution in [0, 0.1) is 0 Å². The standard InChI is InChI=1S/C47H74N2.2C7H7O.Ni/c1-5-9-13-14-15-16-17-18-19-20-21-22-23-24-25-26-27-31-42-33-29-36-44(39-42)47(43-35-28-32-41(38-43)30-10-6-2)46(37-12-8-4)45(40-49-48)34-11-7-3;2*8-6-7-4-2-1-3-5-7;/h28-29,32-33,35-36,38-39H,5-27,30-31,34,37H2,1-4H3;2*1-5H,6H2;/q;2*-1;+2. The predicted octanol–water partition coefficient (Wildman–Crippen LogP) is 18.6. The molecule has 5 heteroatoms. The van der Waals surface area contributed by atoms with Gasteiger partial charge < -0.3 is 5.53 Å². The van der Waals surface area contributed by atoms with Crippen LogP contribution in [0.2, 0.25) is 0 Å². The van der Waals surface area contributed by atoms with Crippen LogP contribution in [0.15, 0.2) is 120 Å². The normalized spacial score (nSPS) is 11.4. The van der Waals surface area contributed by atoms with Crippen LogP contribution in [-0.4, -0.2) is 10.7 Å². The van der Waals surface area contributed by atoms with Crippen LogP contribution < -0.4 is 0 Å². The Morgan fingerprint density at radius 3 is 1.27 bits per heavy atom. The number of allylic oxidation sites excluding steroid dienone is 2. The molecule has 0 aromatic heterocycles. The first-order chi connectivity index (χ1) is 32.6. The summed E-state index contributed by atoms with van der Waals surface area (Å²) in [6.45, 7) is 10.2. The number of aryl methyl sites for hydroxylation is 2. The minimum absolute atomic E-state index is 0.565. The summed E-state index contributed by atoms with van der Waals surface area (Å²) in [5, 5.41) is 0. The molecule has 364 valence electrons. The second-order valence-electron chi connectivity index (χ2n) is 18.2. The van der Waals surface area contributed by atoms with Crippen LogP contribution in [0.1, 0.15) is 222 Å². The molecule has 0 saturated heterocycles. The number of benzene rings is 4. The van der Waals surface area contributed by atoms with Gasteiger partial charge in [-0.15, -0.1) is 4.79 Å². The molecule has 4 aromatic carbocycles. The summed E-state index contributed by atoms with van der Waals surface area (Å²) < 4.78 is 10.7. The number of unbranched alkanes of at least 4 members (excludes halogenated alkanes) is 19. The first-order valence-electron chi connectivity index (χ1n) is 26.4. The molecule has 0 amide bonds. The molecular formula is C61H88N2NiO2. The van der Waals surface area contributed by atoms with Crippen LogP contribution in [0.3, 0.4) is 0 Å². The molecule has 0 aliphatic rings. The van der Waals surface area contributed by atoms with Crippen LogP contribution in [0.5, 0.6) is 0 Å². The molecule has 0 aliphatic heterocycles. The third-order valence-corrected chi connectivity index (χ3v) is 12.9. The van der Waals surface area contributed by atoms with Crippen LogP contribution >= 0.6 is 0 Å². The van der Waals surface area contributed by atoms with E-state index < -0.39 is 0 Å². The van der Waals surface area contributed by atoms with Gasteiger partial charge in [0, 0.05) is 0 Å². The van der Waals surface area contributed by atoms with E-state index in [4.69, 9.17) is 7.76 Å². The van der Waals surface area contributed by atoms with Gasteiger partial charge in [-0.05, 0) is 84.8 Å². The van der Waals surface area contributed by atoms with Gasteiger partial charge in [0.2, 0.25) is 0 Å². The molecule has 0 heterocycles. The molecule has 0 bridgehead atoms. The zero-order valence-electron chi connectivity index (χ0n) is 41.9. The zero-order valence-corrected chi connectivity index (χ0v) is 42.9. The van der Waals surface area contributed by atoms with E-state index in [1.807, 2.05) is 60.7 Å². The molecule has 0 radical (unpaired) electrons. The van der Waals surface area contributed by atoms with E-state index in [1.54, 1.807) is 0 Å². The van der Waals surface area contributed by atoms with Crippen LogP contribution in [0.4, 0.5) is 0 Å². The topological polar surface area (TPSA) is 54.9 Å². The van der Waals surface area contributed by atoms with Crippen molar-refractivity contribution in [1.82, 2.24) is 0 Å². The Balaban J connectivity index is 0.000000562. The minimum atomic E-state index is 0.565. The third-order valence-electron chi connectivity index (χ3n) is 12.4. The zero-order chi connectivity index (χ0) is 47.0. The maximum absolute atomic E-state index is 9.66. The maximum atomic E-state index is 9.66. The first-order valence-corrected chi connectivity index (χ1v) is 27.2. The van der Waals surface area contributed by atoms with Crippen molar-refractivity contribution in [3.05, 3.63) is 159 Å². The van der Waals surface area contributed by atoms with E-state index in [0.717, 1.165) is 83.1 Å². The van der Waals surface area contributed by atoms with Gasteiger partial charge in [-0.3, -0.25) is 0 Å².